The van der Waals surface area contributed by atoms with Crippen LogP contribution in [0.4, 0.5) is 11.4 Å². The number of para-hydroxylation sites is 1. The second-order valence-electron chi connectivity index (χ2n) is 5.72. The van der Waals surface area contributed by atoms with Gasteiger partial charge < -0.3 is 15.4 Å². The van der Waals surface area contributed by atoms with Crippen LogP contribution >= 0.6 is 22.9 Å². The molecule has 1 aromatic heterocycles. The average Bonchev–Trinajstić information content (AvgIpc) is 3.17. The number of ether oxygens (including phenoxy) is 1. The summed E-state index contributed by atoms with van der Waals surface area (Å²) in [6, 6.07) is 14.1. The third kappa shape index (κ3) is 5.28. The van der Waals surface area contributed by atoms with E-state index < -0.39 is 0 Å². The quantitative estimate of drug-likeness (QED) is 0.606. The van der Waals surface area contributed by atoms with Gasteiger partial charge in [0.15, 0.2) is 0 Å². The van der Waals surface area contributed by atoms with E-state index in [-0.39, 0.29) is 23.2 Å². The minimum Gasteiger partial charge on any atom is -0.495 e. The number of carbonyl (C=O) groups excluding carboxylic acids is 2. The van der Waals surface area contributed by atoms with Gasteiger partial charge in [-0.25, -0.2) is 0 Å². The van der Waals surface area contributed by atoms with E-state index in [2.05, 4.69) is 20.8 Å². The third-order valence-electron chi connectivity index (χ3n) is 3.69. The molecule has 0 saturated heterocycles. The Kier molecular flexibility index (Phi) is 6.57. The van der Waals surface area contributed by atoms with Crippen LogP contribution in [0.15, 0.2) is 48.5 Å². The van der Waals surface area contributed by atoms with Crippen molar-refractivity contribution in [1.82, 2.24) is 10.2 Å². The molecule has 0 bridgehead atoms. The Morgan fingerprint density at radius 2 is 1.86 bits per heavy atom. The van der Waals surface area contributed by atoms with Crippen LogP contribution in [0, 0.1) is 0 Å². The van der Waals surface area contributed by atoms with Gasteiger partial charge >= 0.3 is 0 Å². The normalized spacial score (nSPS) is 10.4. The Morgan fingerprint density at radius 1 is 1.07 bits per heavy atom. The number of methoxy groups -OCH3 is 1. The van der Waals surface area contributed by atoms with E-state index in [0.29, 0.717) is 33.6 Å². The molecular weight excluding hydrogens is 400 g/mol. The molecule has 2 amide bonds. The van der Waals surface area contributed by atoms with E-state index >= 15 is 0 Å². The number of carbonyl (C=O) groups is 2. The molecule has 3 aromatic rings. The molecule has 0 aliphatic rings. The summed E-state index contributed by atoms with van der Waals surface area (Å²) in [5.41, 5.74) is 1.26. The van der Waals surface area contributed by atoms with E-state index in [1.807, 2.05) is 18.2 Å². The van der Waals surface area contributed by atoms with Crippen molar-refractivity contribution in [1.29, 1.82) is 0 Å². The van der Waals surface area contributed by atoms with Crippen LogP contribution in [0.3, 0.4) is 0 Å². The summed E-state index contributed by atoms with van der Waals surface area (Å²) in [5.74, 6) is 0.0221. The highest BCUT2D eigenvalue weighted by Crippen LogP contribution is 2.27. The van der Waals surface area contributed by atoms with Crippen LogP contribution in [0.25, 0.3) is 0 Å². The number of amides is 2. The van der Waals surface area contributed by atoms with Crippen molar-refractivity contribution in [3.63, 3.8) is 0 Å². The standard InChI is InChI=1S/C19H17ClN4O3S/c1-27-15-8-7-13(11-14(15)20)21-16(25)9-10-17-23-24-19(28-17)18(26)22-12-5-3-2-4-6-12/h2-8,11H,9-10H2,1H3,(H,21,25)(H,22,26). The first-order valence-corrected chi connectivity index (χ1v) is 9.57. The van der Waals surface area contributed by atoms with Gasteiger partial charge in [0.05, 0.1) is 12.1 Å². The zero-order valence-electron chi connectivity index (χ0n) is 14.9. The number of benzene rings is 2. The largest absolute Gasteiger partial charge is 0.495 e. The fourth-order valence-electron chi connectivity index (χ4n) is 2.34. The molecule has 0 radical (unpaired) electrons. The topological polar surface area (TPSA) is 93.2 Å². The molecule has 2 N–H and O–H groups in total. The van der Waals surface area contributed by atoms with Crippen LogP contribution in [-0.4, -0.2) is 29.1 Å². The first kappa shape index (κ1) is 19.8. The number of nitrogens with zero attached hydrogens (tertiary/aromatic N) is 2. The number of anilines is 2. The van der Waals surface area contributed by atoms with Crippen molar-refractivity contribution in [2.24, 2.45) is 0 Å². The fraction of sp³-hybridized carbons (Fsp3) is 0.158. The van der Waals surface area contributed by atoms with Crippen LogP contribution in [0.5, 0.6) is 5.75 Å². The molecule has 9 heteroatoms. The van der Waals surface area contributed by atoms with Gasteiger partial charge in [-0.2, -0.15) is 0 Å². The maximum atomic E-state index is 12.2. The van der Waals surface area contributed by atoms with E-state index in [0.717, 1.165) is 11.3 Å². The number of aromatic nitrogens is 2. The monoisotopic (exact) mass is 416 g/mol. The van der Waals surface area contributed by atoms with Crippen molar-refractivity contribution in [3.05, 3.63) is 63.6 Å². The molecule has 7 nitrogen and oxygen atoms in total. The minimum atomic E-state index is -0.327. The summed E-state index contributed by atoms with van der Waals surface area (Å²) in [6.45, 7) is 0. The molecule has 0 aliphatic heterocycles. The smallest absolute Gasteiger partial charge is 0.286 e. The lowest BCUT2D eigenvalue weighted by Crippen LogP contribution is -2.12. The summed E-state index contributed by atoms with van der Waals surface area (Å²) in [7, 11) is 1.52. The lowest BCUT2D eigenvalue weighted by atomic mass is 10.2. The van der Waals surface area contributed by atoms with Crippen molar-refractivity contribution >= 4 is 46.1 Å². The predicted molar refractivity (Wildman–Crippen MR) is 109 cm³/mol. The number of hydrogen-bond donors (Lipinski definition) is 2. The molecule has 28 heavy (non-hydrogen) atoms. The molecule has 2 aromatic carbocycles. The van der Waals surface area contributed by atoms with Crippen LogP contribution in [0.1, 0.15) is 21.2 Å². The number of hydrogen-bond acceptors (Lipinski definition) is 6. The fourth-order valence-corrected chi connectivity index (χ4v) is 3.33. The SMILES string of the molecule is COc1ccc(NC(=O)CCc2nnc(C(=O)Nc3ccccc3)s2)cc1Cl. The molecule has 1 heterocycles. The van der Waals surface area contributed by atoms with Gasteiger partial charge in [0, 0.05) is 24.2 Å². The van der Waals surface area contributed by atoms with E-state index in [9.17, 15) is 9.59 Å². The van der Waals surface area contributed by atoms with Gasteiger partial charge in [0.2, 0.25) is 10.9 Å². The Morgan fingerprint density at radius 3 is 2.57 bits per heavy atom. The van der Waals surface area contributed by atoms with Gasteiger partial charge in [-0.05, 0) is 30.3 Å². The summed E-state index contributed by atoms with van der Waals surface area (Å²) in [6.07, 6.45) is 0.588. The van der Waals surface area contributed by atoms with Gasteiger partial charge in [0.25, 0.3) is 5.91 Å². The highest BCUT2D eigenvalue weighted by molar-refractivity contribution is 7.13. The van der Waals surface area contributed by atoms with Gasteiger partial charge in [-0.3, -0.25) is 9.59 Å². The molecule has 0 aliphatic carbocycles. The number of rotatable bonds is 7. The molecule has 3 rings (SSSR count). The highest BCUT2D eigenvalue weighted by atomic mass is 35.5. The van der Waals surface area contributed by atoms with Crippen molar-refractivity contribution < 1.29 is 14.3 Å². The van der Waals surface area contributed by atoms with Gasteiger partial charge in [-0.1, -0.05) is 41.1 Å². The Labute approximate surface area is 170 Å². The third-order valence-corrected chi connectivity index (χ3v) is 4.97. The second-order valence-corrected chi connectivity index (χ2v) is 7.19. The Hall–Kier alpha value is -2.97. The predicted octanol–water partition coefficient (Wildman–Crippen LogP) is 4.02. The summed E-state index contributed by atoms with van der Waals surface area (Å²) in [5, 5.41) is 14.7. The van der Waals surface area contributed by atoms with Gasteiger partial charge in [0.1, 0.15) is 10.8 Å². The molecule has 0 atom stereocenters. The van der Waals surface area contributed by atoms with Crippen molar-refractivity contribution in [3.8, 4) is 5.75 Å². The lowest BCUT2D eigenvalue weighted by molar-refractivity contribution is -0.116. The lowest BCUT2D eigenvalue weighted by Gasteiger charge is -2.07. The Bertz CT molecular complexity index is 978. The maximum absolute atomic E-state index is 12.2. The van der Waals surface area contributed by atoms with Crippen LogP contribution in [0.2, 0.25) is 5.02 Å². The van der Waals surface area contributed by atoms with Crippen LogP contribution < -0.4 is 15.4 Å². The number of nitrogens with one attached hydrogen (secondary N) is 2. The minimum absolute atomic E-state index is 0.188. The molecule has 0 saturated carbocycles. The molecule has 0 spiro atoms. The molecule has 0 unspecified atom stereocenters. The van der Waals surface area contributed by atoms with E-state index in [4.69, 9.17) is 16.3 Å². The van der Waals surface area contributed by atoms with Crippen LogP contribution in [-0.2, 0) is 11.2 Å². The first-order chi connectivity index (χ1) is 13.5. The summed E-state index contributed by atoms with van der Waals surface area (Å²) in [4.78, 5) is 24.3. The van der Waals surface area contributed by atoms with Crippen molar-refractivity contribution in [2.75, 3.05) is 17.7 Å². The van der Waals surface area contributed by atoms with E-state index in [1.165, 1.54) is 7.11 Å². The maximum Gasteiger partial charge on any atom is 0.286 e. The number of aryl methyl sites for hydroxylation is 1. The van der Waals surface area contributed by atoms with Gasteiger partial charge in [-0.15, -0.1) is 10.2 Å². The zero-order valence-corrected chi connectivity index (χ0v) is 16.5. The summed E-state index contributed by atoms with van der Waals surface area (Å²) < 4.78 is 5.08. The zero-order chi connectivity index (χ0) is 19.9. The highest BCUT2D eigenvalue weighted by Gasteiger charge is 2.14. The average molecular weight is 417 g/mol. The molecule has 144 valence electrons. The van der Waals surface area contributed by atoms with E-state index in [1.54, 1.807) is 30.3 Å². The molecule has 0 fully saturated rings. The first-order valence-electron chi connectivity index (χ1n) is 8.37. The summed E-state index contributed by atoms with van der Waals surface area (Å²) >= 11 is 7.21. The Balaban J connectivity index is 1.51. The van der Waals surface area contributed by atoms with Crippen molar-refractivity contribution in [2.45, 2.75) is 12.8 Å². The number of halogens is 1. The molecular formula is C19H17ClN4O3S. The second kappa shape index (κ2) is 9.29.